The van der Waals surface area contributed by atoms with Crippen molar-refractivity contribution in [3.63, 3.8) is 0 Å². The first kappa shape index (κ1) is 12.7. The SMILES string of the molecule is CC1CC(C)CN(Cc2ccc(Cl)c(N)c2)C1. The molecule has 2 atom stereocenters. The Morgan fingerprint density at radius 3 is 2.53 bits per heavy atom. The number of nitrogens with zero attached hydrogens (tertiary/aromatic N) is 1. The van der Waals surface area contributed by atoms with E-state index < -0.39 is 0 Å². The third-order valence-electron chi connectivity index (χ3n) is 3.41. The fraction of sp³-hybridized carbons (Fsp3) is 0.571. The molecule has 2 rings (SSSR count). The first-order chi connectivity index (χ1) is 8.04. The van der Waals surface area contributed by atoms with Gasteiger partial charge in [0.2, 0.25) is 0 Å². The summed E-state index contributed by atoms with van der Waals surface area (Å²) in [7, 11) is 0. The van der Waals surface area contributed by atoms with Crippen LogP contribution in [0.15, 0.2) is 18.2 Å². The number of hydrogen-bond acceptors (Lipinski definition) is 2. The highest BCUT2D eigenvalue weighted by Crippen LogP contribution is 2.24. The van der Waals surface area contributed by atoms with Crippen LogP contribution in [0.3, 0.4) is 0 Å². The number of nitrogens with two attached hydrogens (primary N) is 1. The number of rotatable bonds is 2. The van der Waals surface area contributed by atoms with Gasteiger partial charge in [0.05, 0.1) is 10.7 Å². The van der Waals surface area contributed by atoms with Crippen LogP contribution in [0.2, 0.25) is 5.02 Å². The monoisotopic (exact) mass is 252 g/mol. The second-order valence-corrected chi connectivity index (χ2v) is 5.90. The quantitative estimate of drug-likeness (QED) is 0.818. The fourth-order valence-electron chi connectivity index (χ4n) is 2.87. The van der Waals surface area contributed by atoms with Gasteiger partial charge in [0.1, 0.15) is 0 Å². The zero-order valence-corrected chi connectivity index (χ0v) is 11.4. The number of hydrogen-bond donors (Lipinski definition) is 1. The largest absolute Gasteiger partial charge is 0.398 e. The molecular formula is C14H21ClN2. The van der Waals surface area contributed by atoms with Crippen LogP contribution in [-0.4, -0.2) is 18.0 Å². The summed E-state index contributed by atoms with van der Waals surface area (Å²) in [6, 6.07) is 5.96. The van der Waals surface area contributed by atoms with E-state index in [-0.39, 0.29) is 0 Å². The van der Waals surface area contributed by atoms with Gasteiger partial charge < -0.3 is 5.73 Å². The van der Waals surface area contributed by atoms with Gasteiger partial charge in [-0.3, -0.25) is 4.90 Å². The molecule has 1 fully saturated rings. The molecule has 1 heterocycles. The zero-order chi connectivity index (χ0) is 12.4. The molecule has 1 saturated heterocycles. The van der Waals surface area contributed by atoms with Crippen molar-refractivity contribution < 1.29 is 0 Å². The maximum atomic E-state index is 5.93. The lowest BCUT2D eigenvalue weighted by atomic mass is 9.91. The molecule has 1 aliphatic rings. The van der Waals surface area contributed by atoms with Crippen LogP contribution in [0.25, 0.3) is 0 Å². The first-order valence-electron chi connectivity index (χ1n) is 6.31. The van der Waals surface area contributed by atoms with Gasteiger partial charge in [-0.1, -0.05) is 31.5 Å². The zero-order valence-electron chi connectivity index (χ0n) is 10.6. The van der Waals surface area contributed by atoms with E-state index in [1.165, 1.54) is 25.1 Å². The van der Waals surface area contributed by atoms with Crippen molar-refractivity contribution in [1.29, 1.82) is 0 Å². The number of benzene rings is 1. The summed E-state index contributed by atoms with van der Waals surface area (Å²) in [5.41, 5.74) is 7.77. The van der Waals surface area contributed by atoms with Gasteiger partial charge in [0.15, 0.2) is 0 Å². The Hall–Kier alpha value is -0.730. The van der Waals surface area contributed by atoms with Crippen LogP contribution in [0.1, 0.15) is 25.8 Å². The van der Waals surface area contributed by atoms with Gasteiger partial charge in [-0.2, -0.15) is 0 Å². The van der Waals surface area contributed by atoms with Crippen molar-refractivity contribution in [2.75, 3.05) is 18.8 Å². The maximum Gasteiger partial charge on any atom is 0.0635 e. The number of anilines is 1. The molecule has 0 aromatic heterocycles. The smallest absolute Gasteiger partial charge is 0.0635 e. The highest BCUT2D eigenvalue weighted by atomic mass is 35.5. The molecule has 3 heteroatoms. The average Bonchev–Trinajstić information content (AvgIpc) is 2.22. The molecular weight excluding hydrogens is 232 g/mol. The Morgan fingerprint density at radius 2 is 1.94 bits per heavy atom. The number of likely N-dealkylation sites (tertiary alicyclic amines) is 1. The molecule has 1 aliphatic heterocycles. The van der Waals surface area contributed by atoms with E-state index >= 15 is 0 Å². The Labute approximate surface area is 109 Å². The normalized spacial score (nSPS) is 26.1. The molecule has 17 heavy (non-hydrogen) atoms. The summed E-state index contributed by atoms with van der Waals surface area (Å²) in [6.07, 6.45) is 1.35. The molecule has 0 spiro atoms. The third kappa shape index (κ3) is 3.36. The highest BCUT2D eigenvalue weighted by Gasteiger charge is 2.21. The summed E-state index contributed by atoms with van der Waals surface area (Å²) in [6.45, 7) is 8.02. The van der Waals surface area contributed by atoms with Crippen LogP contribution in [0.4, 0.5) is 5.69 Å². The topological polar surface area (TPSA) is 29.3 Å². The van der Waals surface area contributed by atoms with Gasteiger partial charge in [0.25, 0.3) is 0 Å². The second-order valence-electron chi connectivity index (χ2n) is 5.50. The van der Waals surface area contributed by atoms with Crippen molar-refractivity contribution >= 4 is 17.3 Å². The molecule has 2 N–H and O–H groups in total. The Morgan fingerprint density at radius 1 is 1.29 bits per heavy atom. The van der Waals surface area contributed by atoms with Gasteiger partial charge in [0, 0.05) is 19.6 Å². The molecule has 94 valence electrons. The van der Waals surface area contributed by atoms with E-state index in [1.54, 1.807) is 0 Å². The van der Waals surface area contributed by atoms with Crippen LogP contribution in [0.5, 0.6) is 0 Å². The lowest BCUT2D eigenvalue weighted by Crippen LogP contribution is -2.38. The van der Waals surface area contributed by atoms with Crippen LogP contribution >= 0.6 is 11.6 Å². The van der Waals surface area contributed by atoms with E-state index in [1.807, 2.05) is 12.1 Å². The second kappa shape index (κ2) is 5.28. The number of halogens is 1. The van der Waals surface area contributed by atoms with Crippen molar-refractivity contribution in [1.82, 2.24) is 4.90 Å². The Bertz CT molecular complexity index is 382. The molecule has 0 radical (unpaired) electrons. The molecule has 0 amide bonds. The maximum absolute atomic E-state index is 5.93. The minimum Gasteiger partial charge on any atom is -0.398 e. The van der Waals surface area contributed by atoms with E-state index in [0.717, 1.165) is 18.4 Å². The lowest BCUT2D eigenvalue weighted by Gasteiger charge is -2.35. The van der Waals surface area contributed by atoms with Crippen molar-refractivity contribution in [2.24, 2.45) is 11.8 Å². The number of nitrogen functional groups attached to an aromatic ring is 1. The molecule has 0 aliphatic carbocycles. The molecule has 2 nitrogen and oxygen atoms in total. The lowest BCUT2D eigenvalue weighted by molar-refractivity contribution is 0.134. The van der Waals surface area contributed by atoms with Gasteiger partial charge >= 0.3 is 0 Å². The fourth-order valence-corrected chi connectivity index (χ4v) is 2.99. The summed E-state index contributed by atoms with van der Waals surface area (Å²) in [4.78, 5) is 2.52. The van der Waals surface area contributed by atoms with E-state index in [2.05, 4.69) is 24.8 Å². The van der Waals surface area contributed by atoms with Crippen LogP contribution < -0.4 is 5.73 Å². The van der Waals surface area contributed by atoms with Crippen molar-refractivity contribution in [3.05, 3.63) is 28.8 Å². The predicted octanol–water partition coefficient (Wildman–Crippen LogP) is 3.40. The Kier molecular flexibility index (Phi) is 3.95. The minimum absolute atomic E-state index is 0.647. The molecule has 0 saturated carbocycles. The van der Waals surface area contributed by atoms with E-state index in [9.17, 15) is 0 Å². The molecule has 0 bridgehead atoms. The van der Waals surface area contributed by atoms with E-state index in [4.69, 9.17) is 17.3 Å². The first-order valence-corrected chi connectivity index (χ1v) is 6.68. The average molecular weight is 253 g/mol. The molecule has 1 aromatic rings. The predicted molar refractivity (Wildman–Crippen MR) is 74.1 cm³/mol. The van der Waals surface area contributed by atoms with E-state index in [0.29, 0.717) is 10.7 Å². The summed E-state index contributed by atoms with van der Waals surface area (Å²) >= 11 is 5.93. The Balaban J connectivity index is 2.02. The summed E-state index contributed by atoms with van der Waals surface area (Å²) in [5, 5.41) is 0.647. The van der Waals surface area contributed by atoms with Crippen LogP contribution in [0, 0.1) is 11.8 Å². The van der Waals surface area contributed by atoms with Crippen molar-refractivity contribution in [3.8, 4) is 0 Å². The van der Waals surface area contributed by atoms with Gasteiger partial charge in [-0.15, -0.1) is 0 Å². The minimum atomic E-state index is 0.647. The number of piperidine rings is 1. The molecule has 2 unspecified atom stereocenters. The molecule has 1 aromatic carbocycles. The third-order valence-corrected chi connectivity index (χ3v) is 3.76. The van der Waals surface area contributed by atoms with Gasteiger partial charge in [-0.05, 0) is 36.0 Å². The standard InChI is InChI=1S/C14H21ClN2/c1-10-5-11(2)8-17(7-10)9-12-3-4-13(15)14(16)6-12/h3-4,6,10-11H,5,7-9,16H2,1-2H3. The van der Waals surface area contributed by atoms with Gasteiger partial charge in [-0.25, -0.2) is 0 Å². The van der Waals surface area contributed by atoms with Crippen LogP contribution in [-0.2, 0) is 6.54 Å². The highest BCUT2D eigenvalue weighted by molar-refractivity contribution is 6.33. The summed E-state index contributed by atoms with van der Waals surface area (Å²) < 4.78 is 0. The summed E-state index contributed by atoms with van der Waals surface area (Å²) in [5.74, 6) is 1.59. The van der Waals surface area contributed by atoms with Crippen molar-refractivity contribution in [2.45, 2.75) is 26.8 Å².